The predicted molar refractivity (Wildman–Crippen MR) is 128 cm³/mol. The van der Waals surface area contributed by atoms with E-state index in [0.29, 0.717) is 0 Å². The van der Waals surface area contributed by atoms with Crippen molar-refractivity contribution in [3.05, 3.63) is 64.7 Å². The standard InChI is InChI=1S/C25H26ClN3S/c26-23-6-4-7-24-25(23)22(17-29(24)12-5-11-28-9-2-1-3-10-28)21-14-20(15-27-16-21)19-8-13-30-18-19/h4,6-8,13-18H,1-3,5,9-12H2. The van der Waals surface area contributed by atoms with Crippen LogP contribution in [0.1, 0.15) is 25.7 Å². The molecule has 3 nitrogen and oxygen atoms in total. The fourth-order valence-corrected chi connectivity index (χ4v) is 5.47. The van der Waals surface area contributed by atoms with Crippen molar-refractivity contribution in [3.8, 4) is 22.3 Å². The molecular weight excluding hydrogens is 410 g/mol. The van der Waals surface area contributed by atoms with Crippen LogP contribution in [0.25, 0.3) is 33.2 Å². The zero-order valence-electron chi connectivity index (χ0n) is 17.1. The van der Waals surface area contributed by atoms with Crippen LogP contribution in [0.5, 0.6) is 0 Å². The molecule has 0 N–H and O–H groups in total. The van der Waals surface area contributed by atoms with Gasteiger partial charge >= 0.3 is 0 Å². The molecule has 1 fully saturated rings. The van der Waals surface area contributed by atoms with Gasteiger partial charge in [0.15, 0.2) is 0 Å². The Hall–Kier alpha value is -2.14. The van der Waals surface area contributed by atoms with Gasteiger partial charge in [0, 0.05) is 47.2 Å². The SMILES string of the molecule is Clc1cccc2c1c(-c1cncc(-c3ccsc3)c1)cn2CCCN1CCCCC1. The lowest BCUT2D eigenvalue weighted by molar-refractivity contribution is 0.223. The topological polar surface area (TPSA) is 21.1 Å². The Balaban J connectivity index is 1.46. The molecule has 3 aromatic heterocycles. The number of rotatable bonds is 6. The van der Waals surface area contributed by atoms with Crippen LogP contribution in [0.4, 0.5) is 0 Å². The smallest absolute Gasteiger partial charge is 0.0506 e. The highest BCUT2D eigenvalue weighted by molar-refractivity contribution is 7.08. The first-order valence-corrected chi connectivity index (χ1v) is 12.1. The number of aryl methyl sites for hydroxylation is 1. The fraction of sp³-hybridized carbons (Fsp3) is 0.320. The van der Waals surface area contributed by atoms with Crippen LogP contribution >= 0.6 is 22.9 Å². The Morgan fingerprint density at radius 3 is 2.67 bits per heavy atom. The summed E-state index contributed by atoms with van der Waals surface area (Å²) in [5, 5.41) is 6.20. The monoisotopic (exact) mass is 435 g/mol. The Morgan fingerprint density at radius 1 is 0.967 bits per heavy atom. The average molecular weight is 436 g/mol. The maximum absolute atomic E-state index is 6.68. The number of likely N-dealkylation sites (tertiary alicyclic amines) is 1. The van der Waals surface area contributed by atoms with Gasteiger partial charge in [-0.1, -0.05) is 24.1 Å². The quantitative estimate of drug-likeness (QED) is 0.326. The van der Waals surface area contributed by atoms with Crippen molar-refractivity contribution < 1.29 is 0 Å². The number of aromatic nitrogens is 2. The van der Waals surface area contributed by atoms with E-state index in [1.54, 1.807) is 11.3 Å². The van der Waals surface area contributed by atoms with Crippen molar-refractivity contribution in [2.75, 3.05) is 19.6 Å². The lowest BCUT2D eigenvalue weighted by Gasteiger charge is -2.26. The second-order valence-electron chi connectivity index (χ2n) is 8.10. The van der Waals surface area contributed by atoms with E-state index in [1.165, 1.54) is 50.0 Å². The zero-order valence-corrected chi connectivity index (χ0v) is 18.6. The van der Waals surface area contributed by atoms with E-state index >= 15 is 0 Å². The van der Waals surface area contributed by atoms with Gasteiger partial charge in [-0.3, -0.25) is 4.98 Å². The van der Waals surface area contributed by atoms with E-state index in [1.807, 2.05) is 18.5 Å². The largest absolute Gasteiger partial charge is 0.347 e. The van der Waals surface area contributed by atoms with E-state index in [9.17, 15) is 0 Å². The van der Waals surface area contributed by atoms with E-state index in [2.05, 4.69) is 55.7 Å². The molecule has 1 saturated heterocycles. The van der Waals surface area contributed by atoms with Crippen molar-refractivity contribution in [2.45, 2.75) is 32.2 Å². The fourth-order valence-electron chi connectivity index (χ4n) is 4.53. The number of hydrogen-bond donors (Lipinski definition) is 0. The normalized spacial score (nSPS) is 15.1. The van der Waals surface area contributed by atoms with E-state index in [4.69, 9.17) is 11.6 Å². The summed E-state index contributed by atoms with van der Waals surface area (Å²) < 4.78 is 2.37. The molecule has 0 amide bonds. The van der Waals surface area contributed by atoms with E-state index in [0.717, 1.165) is 40.1 Å². The molecule has 4 aromatic rings. The Labute approximate surface area is 186 Å². The highest BCUT2D eigenvalue weighted by atomic mass is 35.5. The van der Waals surface area contributed by atoms with E-state index in [-0.39, 0.29) is 0 Å². The molecule has 4 heterocycles. The van der Waals surface area contributed by atoms with Crippen LogP contribution < -0.4 is 0 Å². The maximum Gasteiger partial charge on any atom is 0.0506 e. The minimum absolute atomic E-state index is 0.804. The van der Waals surface area contributed by atoms with Gasteiger partial charge in [-0.25, -0.2) is 0 Å². The van der Waals surface area contributed by atoms with Crippen molar-refractivity contribution in [3.63, 3.8) is 0 Å². The molecule has 0 saturated carbocycles. The molecule has 1 aliphatic heterocycles. The first-order valence-electron chi connectivity index (χ1n) is 10.8. The van der Waals surface area contributed by atoms with Gasteiger partial charge in [-0.15, -0.1) is 0 Å². The maximum atomic E-state index is 6.68. The summed E-state index contributed by atoms with van der Waals surface area (Å²) in [6, 6.07) is 10.6. The minimum Gasteiger partial charge on any atom is -0.347 e. The summed E-state index contributed by atoms with van der Waals surface area (Å²) in [5.41, 5.74) is 5.85. The Morgan fingerprint density at radius 2 is 1.83 bits per heavy atom. The van der Waals surface area contributed by atoms with Crippen molar-refractivity contribution in [1.29, 1.82) is 0 Å². The molecule has 0 spiro atoms. The van der Waals surface area contributed by atoms with Crippen molar-refractivity contribution >= 4 is 33.8 Å². The first kappa shape index (κ1) is 19.8. The number of benzene rings is 1. The number of piperidine rings is 1. The summed E-state index contributed by atoms with van der Waals surface area (Å²) in [6.45, 7) is 4.69. The molecule has 1 aliphatic rings. The van der Waals surface area contributed by atoms with Crippen LogP contribution in [-0.2, 0) is 6.54 Å². The number of fused-ring (bicyclic) bond motifs is 1. The van der Waals surface area contributed by atoms with Crippen LogP contribution in [0, 0.1) is 0 Å². The third-order valence-corrected chi connectivity index (χ3v) is 7.08. The second-order valence-corrected chi connectivity index (χ2v) is 9.29. The van der Waals surface area contributed by atoms with Crippen molar-refractivity contribution in [2.24, 2.45) is 0 Å². The van der Waals surface area contributed by atoms with Crippen LogP contribution in [0.2, 0.25) is 5.02 Å². The van der Waals surface area contributed by atoms with Crippen LogP contribution in [-0.4, -0.2) is 34.1 Å². The van der Waals surface area contributed by atoms with Crippen molar-refractivity contribution in [1.82, 2.24) is 14.5 Å². The van der Waals surface area contributed by atoms with Gasteiger partial charge in [0.2, 0.25) is 0 Å². The Kier molecular flexibility index (Phi) is 5.89. The molecular formula is C25H26ClN3S. The van der Waals surface area contributed by atoms with Gasteiger partial charge in [0.1, 0.15) is 0 Å². The molecule has 5 heteroatoms. The third-order valence-electron chi connectivity index (χ3n) is 6.08. The highest BCUT2D eigenvalue weighted by Gasteiger charge is 2.15. The molecule has 0 radical (unpaired) electrons. The molecule has 0 aliphatic carbocycles. The summed E-state index contributed by atoms with van der Waals surface area (Å²) in [7, 11) is 0. The number of thiophene rings is 1. The number of nitrogens with zero attached hydrogens (tertiary/aromatic N) is 3. The zero-order chi connectivity index (χ0) is 20.3. The number of hydrogen-bond acceptors (Lipinski definition) is 3. The molecule has 5 rings (SSSR count). The molecule has 1 aromatic carbocycles. The van der Waals surface area contributed by atoms with E-state index < -0.39 is 0 Å². The summed E-state index contributed by atoms with van der Waals surface area (Å²) >= 11 is 8.39. The van der Waals surface area contributed by atoms with Gasteiger partial charge in [-0.05, 0) is 79.5 Å². The molecule has 30 heavy (non-hydrogen) atoms. The predicted octanol–water partition coefficient (Wildman–Crippen LogP) is 6.96. The van der Waals surface area contributed by atoms with Gasteiger partial charge in [0.25, 0.3) is 0 Å². The summed E-state index contributed by atoms with van der Waals surface area (Å²) in [5.74, 6) is 0. The molecule has 0 atom stereocenters. The molecule has 154 valence electrons. The highest BCUT2D eigenvalue weighted by Crippen LogP contribution is 2.37. The van der Waals surface area contributed by atoms with Crippen LogP contribution in [0.15, 0.2) is 59.7 Å². The summed E-state index contributed by atoms with van der Waals surface area (Å²) in [4.78, 5) is 7.14. The van der Waals surface area contributed by atoms with Gasteiger partial charge < -0.3 is 9.47 Å². The molecule has 0 bridgehead atoms. The van der Waals surface area contributed by atoms with Gasteiger partial charge in [-0.2, -0.15) is 11.3 Å². The number of pyridine rings is 1. The van der Waals surface area contributed by atoms with Crippen LogP contribution in [0.3, 0.4) is 0 Å². The first-order chi connectivity index (χ1) is 14.8. The third kappa shape index (κ3) is 4.04. The second kappa shape index (κ2) is 8.93. The number of halogens is 1. The lowest BCUT2D eigenvalue weighted by Crippen LogP contribution is -2.31. The average Bonchev–Trinajstić information content (AvgIpc) is 3.44. The summed E-state index contributed by atoms with van der Waals surface area (Å²) in [6.07, 6.45) is 11.4. The van der Waals surface area contributed by atoms with Gasteiger partial charge in [0.05, 0.1) is 10.5 Å². The Bertz CT molecular complexity index is 1130. The lowest BCUT2D eigenvalue weighted by atomic mass is 10.0. The molecule has 0 unspecified atom stereocenters. The minimum atomic E-state index is 0.804.